The minimum absolute atomic E-state index is 0.0396. The molecule has 118 valence electrons. The van der Waals surface area contributed by atoms with Gasteiger partial charge in [0.15, 0.2) is 0 Å². The highest BCUT2D eigenvalue weighted by Gasteiger charge is 2.35. The van der Waals surface area contributed by atoms with Gasteiger partial charge in [0.2, 0.25) is 0 Å². The van der Waals surface area contributed by atoms with Gasteiger partial charge in [-0.2, -0.15) is 0 Å². The number of benzene rings is 2. The number of carbonyl (C=O) groups is 1. The molecule has 1 N–H and O–H groups in total. The van der Waals surface area contributed by atoms with Crippen molar-refractivity contribution in [3.8, 4) is 5.75 Å². The summed E-state index contributed by atoms with van der Waals surface area (Å²) in [4.78, 5) is 11.0. The SMILES string of the molecule is O=C(O)Cc1ccc(OCC2CC3C=CC2C3)c2ccccc12. The Balaban J connectivity index is 1.58. The molecule has 0 saturated heterocycles. The minimum atomic E-state index is -0.808. The molecule has 2 aromatic rings. The second-order valence-electron chi connectivity index (χ2n) is 6.69. The topological polar surface area (TPSA) is 46.5 Å². The first-order chi connectivity index (χ1) is 11.2. The number of allylic oxidation sites excluding steroid dienone is 2. The minimum Gasteiger partial charge on any atom is -0.493 e. The number of carboxylic acid groups (broad SMARTS) is 1. The number of carboxylic acids is 1. The maximum atomic E-state index is 11.0. The molecule has 0 aliphatic heterocycles. The smallest absolute Gasteiger partial charge is 0.307 e. The highest BCUT2D eigenvalue weighted by Crippen LogP contribution is 2.43. The van der Waals surface area contributed by atoms with Crippen molar-refractivity contribution < 1.29 is 14.6 Å². The fourth-order valence-corrected chi connectivity index (χ4v) is 4.06. The number of ether oxygens (including phenoxy) is 1. The molecule has 0 aromatic heterocycles. The molecule has 1 saturated carbocycles. The largest absolute Gasteiger partial charge is 0.493 e. The Morgan fingerprint density at radius 2 is 1.91 bits per heavy atom. The van der Waals surface area contributed by atoms with Crippen molar-refractivity contribution in [3.63, 3.8) is 0 Å². The molecule has 3 atom stereocenters. The second kappa shape index (κ2) is 5.73. The quantitative estimate of drug-likeness (QED) is 0.847. The Labute approximate surface area is 135 Å². The predicted molar refractivity (Wildman–Crippen MR) is 89.6 cm³/mol. The third-order valence-corrected chi connectivity index (χ3v) is 5.19. The molecule has 2 aromatic carbocycles. The standard InChI is InChI=1S/C20H20O3/c21-20(22)11-15-7-8-19(18-4-2-1-3-17(15)18)23-12-16-10-13-5-6-14(16)9-13/h1-8,13-14,16H,9-12H2,(H,21,22). The van der Waals surface area contributed by atoms with Crippen LogP contribution in [0.4, 0.5) is 0 Å². The van der Waals surface area contributed by atoms with Gasteiger partial charge in [-0.25, -0.2) is 0 Å². The van der Waals surface area contributed by atoms with Gasteiger partial charge in [0, 0.05) is 5.39 Å². The Morgan fingerprint density at radius 1 is 1.09 bits per heavy atom. The number of rotatable bonds is 5. The summed E-state index contributed by atoms with van der Waals surface area (Å²) in [5, 5.41) is 11.0. The Morgan fingerprint density at radius 3 is 2.61 bits per heavy atom. The zero-order valence-corrected chi connectivity index (χ0v) is 12.9. The van der Waals surface area contributed by atoms with E-state index in [4.69, 9.17) is 9.84 Å². The van der Waals surface area contributed by atoms with Crippen molar-refractivity contribution in [2.75, 3.05) is 6.61 Å². The van der Waals surface area contributed by atoms with E-state index < -0.39 is 5.97 Å². The van der Waals surface area contributed by atoms with E-state index in [0.29, 0.717) is 11.8 Å². The van der Waals surface area contributed by atoms with Crippen LogP contribution in [0.1, 0.15) is 18.4 Å². The molecule has 1 fully saturated rings. The van der Waals surface area contributed by atoms with Gasteiger partial charge in [0.25, 0.3) is 0 Å². The van der Waals surface area contributed by atoms with Gasteiger partial charge >= 0.3 is 5.97 Å². The molecule has 0 heterocycles. The summed E-state index contributed by atoms with van der Waals surface area (Å²) in [6.45, 7) is 0.744. The molecule has 3 nitrogen and oxygen atoms in total. The maximum Gasteiger partial charge on any atom is 0.307 e. The lowest BCUT2D eigenvalue weighted by Crippen LogP contribution is -2.16. The van der Waals surface area contributed by atoms with Crippen molar-refractivity contribution in [3.05, 3.63) is 54.1 Å². The van der Waals surface area contributed by atoms with E-state index in [0.717, 1.165) is 34.6 Å². The Kier molecular flexibility index (Phi) is 3.56. The van der Waals surface area contributed by atoms with Crippen LogP contribution in [0.2, 0.25) is 0 Å². The van der Waals surface area contributed by atoms with Crippen molar-refractivity contribution >= 4 is 16.7 Å². The average molecular weight is 308 g/mol. The molecule has 4 rings (SSSR count). The van der Waals surface area contributed by atoms with Crippen LogP contribution in [0, 0.1) is 17.8 Å². The summed E-state index contributed by atoms with van der Waals surface area (Å²) in [5.74, 6) is 2.10. The summed E-state index contributed by atoms with van der Waals surface area (Å²) in [7, 11) is 0. The summed E-state index contributed by atoms with van der Waals surface area (Å²) in [6, 6.07) is 11.7. The first-order valence-corrected chi connectivity index (χ1v) is 8.24. The van der Waals surface area contributed by atoms with E-state index in [1.165, 1.54) is 12.8 Å². The van der Waals surface area contributed by atoms with E-state index in [1.54, 1.807) is 0 Å². The summed E-state index contributed by atoms with van der Waals surface area (Å²) < 4.78 is 6.13. The molecule has 23 heavy (non-hydrogen) atoms. The Bertz CT molecular complexity index is 778. The lowest BCUT2D eigenvalue weighted by Gasteiger charge is -2.19. The van der Waals surface area contributed by atoms with Crippen molar-refractivity contribution in [1.29, 1.82) is 0 Å². The lowest BCUT2D eigenvalue weighted by atomic mass is 9.94. The van der Waals surface area contributed by atoms with Crippen molar-refractivity contribution in [1.82, 2.24) is 0 Å². The van der Waals surface area contributed by atoms with Gasteiger partial charge in [-0.1, -0.05) is 42.5 Å². The first kappa shape index (κ1) is 14.3. The van der Waals surface area contributed by atoms with E-state index in [-0.39, 0.29) is 6.42 Å². The van der Waals surface area contributed by atoms with Gasteiger partial charge in [0.1, 0.15) is 5.75 Å². The molecule has 0 spiro atoms. The average Bonchev–Trinajstić information content (AvgIpc) is 3.16. The second-order valence-corrected chi connectivity index (χ2v) is 6.69. The fraction of sp³-hybridized carbons (Fsp3) is 0.350. The van der Waals surface area contributed by atoms with Gasteiger partial charge in [-0.05, 0) is 47.6 Å². The number of fused-ring (bicyclic) bond motifs is 3. The molecular formula is C20H20O3. The normalized spacial score (nSPS) is 25.1. The molecule has 0 amide bonds. The van der Waals surface area contributed by atoms with Crippen LogP contribution >= 0.6 is 0 Å². The molecule has 2 bridgehead atoms. The fourth-order valence-electron chi connectivity index (χ4n) is 4.06. The molecule has 0 radical (unpaired) electrons. The number of aliphatic carboxylic acids is 1. The van der Waals surface area contributed by atoms with Crippen molar-refractivity contribution in [2.24, 2.45) is 17.8 Å². The summed E-state index contributed by atoms with van der Waals surface area (Å²) in [6.07, 6.45) is 7.24. The van der Waals surface area contributed by atoms with Gasteiger partial charge in [-0.15, -0.1) is 0 Å². The molecule has 2 aliphatic rings. The van der Waals surface area contributed by atoms with E-state index >= 15 is 0 Å². The summed E-state index contributed by atoms with van der Waals surface area (Å²) in [5.41, 5.74) is 0.836. The summed E-state index contributed by atoms with van der Waals surface area (Å²) >= 11 is 0. The third-order valence-electron chi connectivity index (χ3n) is 5.19. The van der Waals surface area contributed by atoms with Gasteiger partial charge in [0.05, 0.1) is 13.0 Å². The zero-order chi connectivity index (χ0) is 15.8. The monoisotopic (exact) mass is 308 g/mol. The molecule has 2 aliphatic carbocycles. The molecular weight excluding hydrogens is 288 g/mol. The van der Waals surface area contributed by atoms with E-state index in [9.17, 15) is 4.79 Å². The lowest BCUT2D eigenvalue weighted by molar-refractivity contribution is -0.136. The van der Waals surface area contributed by atoms with E-state index in [1.807, 2.05) is 36.4 Å². The molecule has 3 unspecified atom stereocenters. The van der Waals surface area contributed by atoms with Crippen LogP contribution in [0.15, 0.2) is 48.6 Å². The highest BCUT2D eigenvalue weighted by atomic mass is 16.5. The Hall–Kier alpha value is -2.29. The van der Waals surface area contributed by atoms with Crippen LogP contribution < -0.4 is 4.74 Å². The molecule has 3 heteroatoms. The van der Waals surface area contributed by atoms with Crippen LogP contribution in [0.25, 0.3) is 10.8 Å². The predicted octanol–water partition coefficient (Wildman–Crippen LogP) is 4.06. The zero-order valence-electron chi connectivity index (χ0n) is 12.9. The van der Waals surface area contributed by atoms with Crippen LogP contribution in [-0.2, 0) is 11.2 Å². The first-order valence-electron chi connectivity index (χ1n) is 8.24. The van der Waals surface area contributed by atoms with Gasteiger partial charge in [-0.3, -0.25) is 4.79 Å². The van der Waals surface area contributed by atoms with Crippen LogP contribution in [0.5, 0.6) is 5.75 Å². The highest BCUT2D eigenvalue weighted by molar-refractivity contribution is 5.93. The maximum absolute atomic E-state index is 11.0. The van der Waals surface area contributed by atoms with Crippen LogP contribution in [-0.4, -0.2) is 17.7 Å². The van der Waals surface area contributed by atoms with Crippen molar-refractivity contribution in [2.45, 2.75) is 19.3 Å². The van der Waals surface area contributed by atoms with Crippen LogP contribution in [0.3, 0.4) is 0 Å². The number of hydrogen-bond donors (Lipinski definition) is 1. The number of hydrogen-bond acceptors (Lipinski definition) is 2. The third kappa shape index (κ3) is 2.72. The van der Waals surface area contributed by atoms with E-state index in [2.05, 4.69) is 12.2 Å². The van der Waals surface area contributed by atoms with Gasteiger partial charge < -0.3 is 9.84 Å².